The van der Waals surface area contributed by atoms with Gasteiger partial charge in [0.25, 0.3) is 0 Å². The van der Waals surface area contributed by atoms with E-state index in [1.165, 1.54) is 0 Å². The molecule has 0 aromatic carbocycles. The third-order valence-electron chi connectivity index (χ3n) is 1.69. The van der Waals surface area contributed by atoms with Gasteiger partial charge >= 0.3 is 0 Å². The van der Waals surface area contributed by atoms with Crippen LogP contribution >= 0.6 is 0 Å². The third kappa shape index (κ3) is 1.52. The van der Waals surface area contributed by atoms with Gasteiger partial charge in [0, 0.05) is 13.1 Å². The van der Waals surface area contributed by atoms with E-state index in [1.807, 2.05) is 24.9 Å². The van der Waals surface area contributed by atoms with Gasteiger partial charge in [-0.1, -0.05) is 6.08 Å². The van der Waals surface area contributed by atoms with Crippen LogP contribution < -0.4 is 0 Å². The minimum atomic E-state index is -0.733. The van der Waals surface area contributed by atoms with Crippen LogP contribution in [0.25, 0.3) is 0 Å². The second-order valence-electron chi connectivity index (χ2n) is 2.64. The normalized spacial score (nSPS) is 30.1. The van der Waals surface area contributed by atoms with E-state index in [0.717, 1.165) is 12.1 Å². The summed E-state index contributed by atoms with van der Waals surface area (Å²) in [4.78, 5) is 1.97. The number of rotatable bonds is 0. The maximum atomic E-state index is 12.7. The Balaban J connectivity index is 2.56. The SMILES string of the molecule is CC1=CCN(C)CC1F. The molecule has 0 bridgehead atoms. The molecule has 0 saturated carbocycles. The van der Waals surface area contributed by atoms with Gasteiger partial charge in [0.1, 0.15) is 6.17 Å². The molecule has 0 aliphatic carbocycles. The zero-order valence-electron chi connectivity index (χ0n) is 5.89. The van der Waals surface area contributed by atoms with Crippen LogP contribution in [0.4, 0.5) is 4.39 Å². The lowest BCUT2D eigenvalue weighted by molar-refractivity contribution is 0.244. The van der Waals surface area contributed by atoms with Gasteiger partial charge in [-0.05, 0) is 19.5 Å². The Labute approximate surface area is 55.2 Å². The molecule has 1 rings (SSSR count). The molecule has 0 N–H and O–H groups in total. The van der Waals surface area contributed by atoms with Crippen LogP contribution in [0, 0.1) is 0 Å². The fourth-order valence-corrected chi connectivity index (χ4v) is 0.920. The zero-order valence-corrected chi connectivity index (χ0v) is 5.89. The van der Waals surface area contributed by atoms with Crippen molar-refractivity contribution in [3.05, 3.63) is 11.6 Å². The van der Waals surface area contributed by atoms with E-state index in [0.29, 0.717) is 6.54 Å². The summed E-state index contributed by atoms with van der Waals surface area (Å²) in [7, 11) is 1.93. The quantitative estimate of drug-likeness (QED) is 0.444. The molecule has 9 heavy (non-hydrogen) atoms. The summed E-state index contributed by atoms with van der Waals surface area (Å²) in [5.74, 6) is 0. The average molecular weight is 129 g/mol. The minimum absolute atomic E-state index is 0.558. The van der Waals surface area contributed by atoms with E-state index >= 15 is 0 Å². The Morgan fingerprint density at radius 3 is 2.89 bits per heavy atom. The molecule has 1 atom stereocenters. The van der Waals surface area contributed by atoms with Crippen molar-refractivity contribution in [2.24, 2.45) is 0 Å². The first-order chi connectivity index (χ1) is 4.20. The van der Waals surface area contributed by atoms with Gasteiger partial charge in [0.2, 0.25) is 0 Å². The van der Waals surface area contributed by atoms with Gasteiger partial charge < -0.3 is 0 Å². The first-order valence-electron chi connectivity index (χ1n) is 3.19. The van der Waals surface area contributed by atoms with Crippen LogP contribution in [-0.2, 0) is 0 Å². The standard InChI is InChI=1S/C7H12FN/c1-6-3-4-9(2)5-7(6)8/h3,7H,4-5H2,1-2H3. The first kappa shape index (κ1) is 6.75. The topological polar surface area (TPSA) is 3.24 Å². The van der Waals surface area contributed by atoms with Crippen LogP contribution in [0.15, 0.2) is 11.6 Å². The van der Waals surface area contributed by atoms with Crippen molar-refractivity contribution < 1.29 is 4.39 Å². The lowest BCUT2D eigenvalue weighted by Crippen LogP contribution is -2.31. The highest BCUT2D eigenvalue weighted by atomic mass is 19.1. The first-order valence-corrected chi connectivity index (χ1v) is 3.19. The molecule has 0 amide bonds. The Bertz CT molecular complexity index is 131. The molecule has 0 aromatic rings. The molecular weight excluding hydrogens is 117 g/mol. The third-order valence-corrected chi connectivity index (χ3v) is 1.69. The molecule has 1 nitrogen and oxygen atoms in total. The summed E-state index contributed by atoms with van der Waals surface area (Å²) in [6.45, 7) is 3.30. The Hall–Kier alpha value is -0.370. The number of nitrogens with zero attached hydrogens (tertiary/aromatic N) is 1. The van der Waals surface area contributed by atoms with Crippen LogP contribution in [0.3, 0.4) is 0 Å². The average Bonchev–Trinajstić information content (AvgIpc) is 1.80. The van der Waals surface area contributed by atoms with Crippen molar-refractivity contribution in [3.63, 3.8) is 0 Å². The molecular formula is C7H12FN. The number of halogens is 1. The number of hydrogen-bond donors (Lipinski definition) is 0. The lowest BCUT2D eigenvalue weighted by Gasteiger charge is -2.23. The maximum absolute atomic E-state index is 12.7. The lowest BCUT2D eigenvalue weighted by atomic mass is 10.1. The highest BCUT2D eigenvalue weighted by Crippen LogP contribution is 2.11. The van der Waals surface area contributed by atoms with E-state index < -0.39 is 6.17 Å². The summed E-state index contributed by atoms with van der Waals surface area (Å²) in [6, 6.07) is 0. The summed E-state index contributed by atoms with van der Waals surface area (Å²) in [5.41, 5.74) is 0.883. The van der Waals surface area contributed by atoms with E-state index in [9.17, 15) is 4.39 Å². The minimum Gasteiger partial charge on any atom is -0.299 e. The Morgan fingerprint density at radius 1 is 1.78 bits per heavy atom. The predicted molar refractivity (Wildman–Crippen MR) is 36.1 cm³/mol. The van der Waals surface area contributed by atoms with Crippen molar-refractivity contribution in [1.29, 1.82) is 0 Å². The Morgan fingerprint density at radius 2 is 2.44 bits per heavy atom. The van der Waals surface area contributed by atoms with Gasteiger partial charge in [0.15, 0.2) is 0 Å². The van der Waals surface area contributed by atoms with E-state index in [-0.39, 0.29) is 0 Å². The zero-order chi connectivity index (χ0) is 6.85. The second-order valence-corrected chi connectivity index (χ2v) is 2.64. The molecule has 1 unspecified atom stereocenters. The van der Waals surface area contributed by atoms with Crippen LogP contribution in [0.1, 0.15) is 6.92 Å². The number of hydrogen-bond acceptors (Lipinski definition) is 1. The van der Waals surface area contributed by atoms with Crippen molar-refractivity contribution in [1.82, 2.24) is 4.90 Å². The highest BCUT2D eigenvalue weighted by Gasteiger charge is 2.15. The maximum Gasteiger partial charge on any atom is 0.134 e. The van der Waals surface area contributed by atoms with E-state index in [4.69, 9.17) is 0 Å². The van der Waals surface area contributed by atoms with Crippen LogP contribution in [-0.4, -0.2) is 31.2 Å². The van der Waals surface area contributed by atoms with Crippen molar-refractivity contribution in [2.45, 2.75) is 13.1 Å². The van der Waals surface area contributed by atoms with Gasteiger partial charge in [-0.3, -0.25) is 4.90 Å². The summed E-state index contributed by atoms with van der Waals surface area (Å²) in [5, 5.41) is 0. The van der Waals surface area contributed by atoms with Crippen molar-refractivity contribution in [3.8, 4) is 0 Å². The van der Waals surface area contributed by atoms with E-state index in [2.05, 4.69) is 0 Å². The summed E-state index contributed by atoms with van der Waals surface area (Å²) in [6.07, 6.45) is 1.21. The van der Waals surface area contributed by atoms with E-state index in [1.54, 1.807) is 0 Å². The van der Waals surface area contributed by atoms with Gasteiger partial charge in [-0.2, -0.15) is 0 Å². The fourth-order valence-electron chi connectivity index (χ4n) is 0.920. The van der Waals surface area contributed by atoms with Crippen molar-refractivity contribution in [2.75, 3.05) is 20.1 Å². The molecule has 52 valence electrons. The molecule has 1 heterocycles. The predicted octanol–water partition coefficient (Wildman–Crippen LogP) is 1.22. The molecule has 0 saturated heterocycles. The molecule has 0 aromatic heterocycles. The smallest absolute Gasteiger partial charge is 0.134 e. The molecule has 1 aliphatic rings. The largest absolute Gasteiger partial charge is 0.299 e. The summed E-state index contributed by atoms with van der Waals surface area (Å²) >= 11 is 0. The van der Waals surface area contributed by atoms with Crippen molar-refractivity contribution >= 4 is 0 Å². The van der Waals surface area contributed by atoms with Gasteiger partial charge in [-0.15, -0.1) is 0 Å². The molecule has 1 aliphatic heterocycles. The molecule has 0 spiro atoms. The monoisotopic (exact) mass is 129 g/mol. The summed E-state index contributed by atoms with van der Waals surface area (Å²) < 4.78 is 12.7. The van der Waals surface area contributed by atoms with Gasteiger partial charge in [0.05, 0.1) is 0 Å². The number of alkyl halides is 1. The molecule has 2 heteroatoms. The number of likely N-dealkylation sites (N-methyl/N-ethyl adjacent to an activating group) is 1. The highest BCUT2D eigenvalue weighted by molar-refractivity contribution is 5.09. The Kier molecular flexibility index (Phi) is 1.86. The van der Waals surface area contributed by atoms with Crippen LogP contribution in [0.5, 0.6) is 0 Å². The molecule has 0 radical (unpaired) electrons. The molecule has 0 fully saturated rings. The van der Waals surface area contributed by atoms with Crippen LogP contribution in [0.2, 0.25) is 0 Å². The second kappa shape index (κ2) is 2.48. The van der Waals surface area contributed by atoms with Gasteiger partial charge in [-0.25, -0.2) is 4.39 Å². The fraction of sp³-hybridized carbons (Fsp3) is 0.714.